The first-order valence-electron chi connectivity index (χ1n) is 5.62. The Labute approximate surface area is 104 Å². The fourth-order valence-corrected chi connectivity index (χ4v) is 1.98. The lowest BCUT2D eigenvalue weighted by molar-refractivity contribution is 0.637. The van der Waals surface area contributed by atoms with Crippen LogP contribution in [0.2, 0.25) is 5.02 Å². The number of hydrogen-bond donors (Lipinski definition) is 3. The van der Waals surface area contributed by atoms with Gasteiger partial charge in [-0.2, -0.15) is 5.10 Å². The smallest absolute Gasteiger partial charge is 0.285 e. The van der Waals surface area contributed by atoms with Crippen LogP contribution in [0.1, 0.15) is 32.6 Å². The van der Waals surface area contributed by atoms with Crippen LogP contribution in [0.4, 0.5) is 5.69 Å². The number of nitrogens with one attached hydrogen (secondary N) is 3. The lowest BCUT2D eigenvalue weighted by Gasteiger charge is -2.20. The number of anilines is 1. The molecule has 6 heteroatoms. The zero-order valence-corrected chi connectivity index (χ0v) is 10.4. The van der Waals surface area contributed by atoms with Crippen molar-refractivity contribution < 1.29 is 0 Å². The van der Waals surface area contributed by atoms with Gasteiger partial charge in [-0.15, -0.1) is 0 Å². The summed E-state index contributed by atoms with van der Waals surface area (Å²) in [6.45, 7) is 2.11. The Kier molecular flexibility index (Phi) is 3.68. The molecule has 0 saturated carbocycles. The van der Waals surface area contributed by atoms with Gasteiger partial charge in [0.1, 0.15) is 5.02 Å². The first kappa shape index (κ1) is 12.0. The average Bonchev–Trinajstić information content (AvgIpc) is 2.33. The van der Waals surface area contributed by atoms with E-state index in [9.17, 15) is 4.79 Å². The molecule has 2 rings (SSSR count). The standard InChI is InChI=1S/C11H15ClN4O/c1-7-4-2-3-5-8(7)14-15-9-6-13-16-11(17)10(9)12/h6,14H,2-5H2,1H3,(H2,15,16,17). The minimum Gasteiger partial charge on any atom is -0.305 e. The first-order chi connectivity index (χ1) is 8.18. The SMILES string of the molecule is CC1=C(NNc2cn[nH]c(=O)c2Cl)CCCC1. The Morgan fingerprint density at radius 1 is 1.35 bits per heavy atom. The van der Waals surface area contributed by atoms with Crippen LogP contribution < -0.4 is 16.4 Å². The molecule has 0 aromatic carbocycles. The largest absolute Gasteiger partial charge is 0.305 e. The van der Waals surface area contributed by atoms with Gasteiger partial charge >= 0.3 is 0 Å². The highest BCUT2D eigenvalue weighted by atomic mass is 35.5. The van der Waals surface area contributed by atoms with Crippen LogP contribution >= 0.6 is 11.6 Å². The van der Waals surface area contributed by atoms with Crippen molar-refractivity contribution in [3.63, 3.8) is 0 Å². The molecule has 0 aliphatic heterocycles. The normalized spacial score (nSPS) is 15.9. The fraction of sp³-hybridized carbons (Fsp3) is 0.455. The molecule has 0 amide bonds. The highest BCUT2D eigenvalue weighted by molar-refractivity contribution is 6.32. The Hall–Kier alpha value is -1.49. The van der Waals surface area contributed by atoms with Gasteiger partial charge in [0.05, 0.1) is 11.9 Å². The number of halogens is 1. The summed E-state index contributed by atoms with van der Waals surface area (Å²) in [7, 11) is 0. The van der Waals surface area contributed by atoms with Crippen LogP contribution in [-0.2, 0) is 0 Å². The Morgan fingerprint density at radius 3 is 2.88 bits per heavy atom. The lowest BCUT2D eigenvalue weighted by Crippen LogP contribution is -2.25. The molecule has 0 saturated heterocycles. The average molecular weight is 255 g/mol. The summed E-state index contributed by atoms with van der Waals surface area (Å²) in [6.07, 6.45) is 6.04. The van der Waals surface area contributed by atoms with E-state index in [2.05, 4.69) is 28.0 Å². The molecule has 1 aliphatic carbocycles. The maximum Gasteiger partial charge on any atom is 0.285 e. The summed E-state index contributed by atoms with van der Waals surface area (Å²) in [5.41, 5.74) is 8.65. The molecule has 0 spiro atoms. The molecule has 0 atom stereocenters. The first-order valence-corrected chi connectivity index (χ1v) is 6.00. The molecule has 0 bridgehead atoms. The molecule has 0 radical (unpaired) electrons. The lowest BCUT2D eigenvalue weighted by atomic mass is 9.98. The van der Waals surface area contributed by atoms with Crippen molar-refractivity contribution in [1.82, 2.24) is 15.6 Å². The Bertz CT molecular complexity index is 494. The van der Waals surface area contributed by atoms with Gasteiger partial charge in [-0.3, -0.25) is 10.2 Å². The summed E-state index contributed by atoms with van der Waals surface area (Å²) in [4.78, 5) is 11.2. The fourth-order valence-electron chi connectivity index (χ4n) is 1.84. The van der Waals surface area contributed by atoms with Gasteiger partial charge in [-0.05, 0) is 32.6 Å². The predicted octanol–water partition coefficient (Wildman–Crippen LogP) is 2.19. The maximum absolute atomic E-state index is 11.2. The molecule has 0 fully saturated rings. The Morgan fingerprint density at radius 2 is 2.12 bits per heavy atom. The highest BCUT2D eigenvalue weighted by Gasteiger charge is 2.10. The number of allylic oxidation sites excluding steroid dienone is 2. The second-order valence-corrected chi connectivity index (χ2v) is 4.52. The molecule has 1 heterocycles. The summed E-state index contributed by atoms with van der Waals surface area (Å²) < 4.78 is 0. The number of nitrogens with zero attached hydrogens (tertiary/aromatic N) is 1. The van der Waals surface area contributed by atoms with Crippen LogP contribution in [0.5, 0.6) is 0 Å². The zero-order valence-electron chi connectivity index (χ0n) is 9.64. The molecule has 3 N–H and O–H groups in total. The maximum atomic E-state index is 11.2. The van der Waals surface area contributed by atoms with Gasteiger partial charge in [0, 0.05) is 5.70 Å². The summed E-state index contributed by atoms with van der Waals surface area (Å²) in [5.74, 6) is 0. The number of hydrogen-bond acceptors (Lipinski definition) is 4. The molecule has 1 aromatic heterocycles. The van der Waals surface area contributed by atoms with Gasteiger partial charge in [-0.1, -0.05) is 17.2 Å². The molecular formula is C11H15ClN4O. The van der Waals surface area contributed by atoms with Gasteiger partial charge in [0.15, 0.2) is 0 Å². The summed E-state index contributed by atoms with van der Waals surface area (Å²) >= 11 is 5.84. The molecular weight excluding hydrogens is 240 g/mol. The van der Waals surface area contributed by atoms with Crippen molar-refractivity contribution in [2.24, 2.45) is 0 Å². The second-order valence-electron chi connectivity index (χ2n) is 4.14. The van der Waals surface area contributed by atoms with Gasteiger partial charge in [0.2, 0.25) is 0 Å². The van der Waals surface area contributed by atoms with Gasteiger partial charge in [-0.25, -0.2) is 5.10 Å². The second kappa shape index (κ2) is 5.23. The number of rotatable bonds is 3. The van der Waals surface area contributed by atoms with Crippen LogP contribution in [0, 0.1) is 0 Å². The van der Waals surface area contributed by atoms with Crippen LogP contribution in [-0.4, -0.2) is 10.2 Å². The predicted molar refractivity (Wildman–Crippen MR) is 67.8 cm³/mol. The van der Waals surface area contributed by atoms with E-state index in [1.165, 1.54) is 30.3 Å². The number of hydrazine groups is 1. The van der Waals surface area contributed by atoms with Crippen molar-refractivity contribution in [3.8, 4) is 0 Å². The van der Waals surface area contributed by atoms with E-state index in [1.54, 1.807) is 0 Å². The van der Waals surface area contributed by atoms with Crippen molar-refractivity contribution >= 4 is 17.3 Å². The minimum atomic E-state index is -0.396. The molecule has 1 aromatic rings. The number of aromatic amines is 1. The zero-order chi connectivity index (χ0) is 12.3. The summed E-state index contributed by atoms with van der Waals surface area (Å²) in [5, 5.41) is 6.07. The van der Waals surface area contributed by atoms with Crippen molar-refractivity contribution in [1.29, 1.82) is 0 Å². The molecule has 92 valence electrons. The third kappa shape index (κ3) is 2.79. The monoisotopic (exact) mass is 254 g/mol. The minimum absolute atomic E-state index is 0.113. The van der Waals surface area contributed by atoms with Crippen molar-refractivity contribution in [2.75, 3.05) is 5.43 Å². The van der Waals surface area contributed by atoms with E-state index in [-0.39, 0.29) is 5.02 Å². The third-order valence-electron chi connectivity index (χ3n) is 2.89. The van der Waals surface area contributed by atoms with Crippen LogP contribution in [0.3, 0.4) is 0 Å². The third-order valence-corrected chi connectivity index (χ3v) is 3.26. The number of H-pyrrole nitrogens is 1. The Balaban J connectivity index is 2.07. The van der Waals surface area contributed by atoms with Gasteiger partial charge in [0.25, 0.3) is 5.56 Å². The molecule has 0 unspecified atom stereocenters. The number of aromatic nitrogens is 2. The van der Waals surface area contributed by atoms with Crippen LogP contribution in [0.25, 0.3) is 0 Å². The van der Waals surface area contributed by atoms with E-state index in [0.717, 1.165) is 12.8 Å². The summed E-state index contributed by atoms with van der Waals surface area (Å²) in [6, 6.07) is 0. The van der Waals surface area contributed by atoms with E-state index in [1.807, 2.05) is 0 Å². The van der Waals surface area contributed by atoms with E-state index >= 15 is 0 Å². The van der Waals surface area contributed by atoms with E-state index in [4.69, 9.17) is 11.6 Å². The molecule has 5 nitrogen and oxygen atoms in total. The quantitative estimate of drug-likeness (QED) is 0.723. The molecule has 1 aliphatic rings. The topological polar surface area (TPSA) is 69.8 Å². The van der Waals surface area contributed by atoms with Crippen molar-refractivity contribution in [3.05, 3.63) is 32.8 Å². The van der Waals surface area contributed by atoms with E-state index < -0.39 is 5.56 Å². The molecule has 17 heavy (non-hydrogen) atoms. The van der Waals surface area contributed by atoms with Crippen LogP contribution in [0.15, 0.2) is 22.3 Å². The van der Waals surface area contributed by atoms with Crippen molar-refractivity contribution in [2.45, 2.75) is 32.6 Å². The highest BCUT2D eigenvalue weighted by Crippen LogP contribution is 2.22. The van der Waals surface area contributed by atoms with Gasteiger partial charge < -0.3 is 5.43 Å². The van der Waals surface area contributed by atoms with E-state index in [0.29, 0.717) is 5.69 Å².